The van der Waals surface area contributed by atoms with Crippen molar-refractivity contribution in [3.8, 4) is 5.95 Å². The molecule has 2 aliphatic rings. The summed E-state index contributed by atoms with van der Waals surface area (Å²) in [7, 11) is 0. The summed E-state index contributed by atoms with van der Waals surface area (Å²) in [5, 5.41) is 3.03. The van der Waals surface area contributed by atoms with Crippen LogP contribution in [-0.4, -0.2) is 37.5 Å². The van der Waals surface area contributed by atoms with E-state index in [0.29, 0.717) is 11.6 Å². The Hall–Kier alpha value is -2.28. The minimum Gasteiger partial charge on any atom is -0.348 e. The fourth-order valence-corrected chi connectivity index (χ4v) is 3.13. The van der Waals surface area contributed by atoms with E-state index in [1.807, 2.05) is 0 Å². The van der Waals surface area contributed by atoms with Crippen molar-refractivity contribution in [1.82, 2.24) is 24.8 Å². The van der Waals surface area contributed by atoms with Gasteiger partial charge in [0.1, 0.15) is 12.0 Å². The van der Waals surface area contributed by atoms with Gasteiger partial charge >= 0.3 is 0 Å². The Morgan fingerprint density at radius 2 is 2.18 bits per heavy atom. The Bertz CT molecular complexity index is 705. The van der Waals surface area contributed by atoms with Crippen molar-refractivity contribution in [3.63, 3.8) is 0 Å². The fraction of sp³-hybridized carbons (Fsp3) is 0.467. The SMILES string of the molecule is N[C@H]1C[C@H](NC(=O)c2nc(-n3ccnc3)nc3c2CCC3)C1. The van der Waals surface area contributed by atoms with Gasteiger partial charge < -0.3 is 11.1 Å². The topological polar surface area (TPSA) is 98.7 Å². The van der Waals surface area contributed by atoms with Gasteiger partial charge in [0.2, 0.25) is 5.95 Å². The minimum atomic E-state index is -0.112. The second-order valence-electron chi connectivity index (χ2n) is 6.02. The van der Waals surface area contributed by atoms with Gasteiger partial charge in [0.15, 0.2) is 0 Å². The Morgan fingerprint density at radius 3 is 2.91 bits per heavy atom. The molecule has 0 spiro atoms. The molecule has 7 nitrogen and oxygen atoms in total. The van der Waals surface area contributed by atoms with E-state index in [1.165, 1.54) is 0 Å². The third-order valence-electron chi connectivity index (χ3n) is 4.38. The van der Waals surface area contributed by atoms with Gasteiger partial charge in [-0.1, -0.05) is 0 Å². The highest BCUT2D eigenvalue weighted by Crippen LogP contribution is 2.25. The average molecular weight is 298 g/mol. The van der Waals surface area contributed by atoms with Gasteiger partial charge in [0, 0.05) is 35.7 Å². The zero-order valence-electron chi connectivity index (χ0n) is 12.2. The zero-order chi connectivity index (χ0) is 15.1. The molecule has 0 aliphatic heterocycles. The largest absolute Gasteiger partial charge is 0.348 e. The van der Waals surface area contributed by atoms with Crippen LogP contribution in [0.3, 0.4) is 0 Å². The Morgan fingerprint density at radius 1 is 1.32 bits per heavy atom. The molecule has 0 bridgehead atoms. The molecule has 2 aromatic heterocycles. The van der Waals surface area contributed by atoms with Crippen molar-refractivity contribution in [1.29, 1.82) is 0 Å². The van der Waals surface area contributed by atoms with E-state index in [4.69, 9.17) is 5.73 Å². The monoisotopic (exact) mass is 298 g/mol. The lowest BCUT2D eigenvalue weighted by Crippen LogP contribution is -2.50. The number of aryl methyl sites for hydroxylation is 1. The van der Waals surface area contributed by atoms with Crippen molar-refractivity contribution >= 4 is 5.91 Å². The fourth-order valence-electron chi connectivity index (χ4n) is 3.13. The molecule has 2 heterocycles. The zero-order valence-corrected chi connectivity index (χ0v) is 12.2. The first-order valence-corrected chi connectivity index (χ1v) is 7.65. The number of hydrogen-bond acceptors (Lipinski definition) is 5. The van der Waals surface area contributed by atoms with Gasteiger partial charge in [-0.15, -0.1) is 0 Å². The van der Waals surface area contributed by atoms with Gasteiger partial charge in [-0.25, -0.2) is 15.0 Å². The maximum atomic E-state index is 12.6. The first-order chi connectivity index (χ1) is 10.7. The van der Waals surface area contributed by atoms with Crippen LogP contribution in [0.5, 0.6) is 0 Å². The van der Waals surface area contributed by atoms with Crippen molar-refractivity contribution in [2.24, 2.45) is 5.73 Å². The third kappa shape index (κ3) is 2.27. The summed E-state index contributed by atoms with van der Waals surface area (Å²) in [6, 6.07) is 0.383. The van der Waals surface area contributed by atoms with Crippen molar-refractivity contribution in [3.05, 3.63) is 35.7 Å². The van der Waals surface area contributed by atoms with Gasteiger partial charge in [-0.2, -0.15) is 0 Å². The Kier molecular flexibility index (Phi) is 3.15. The second-order valence-corrected chi connectivity index (χ2v) is 6.02. The molecular weight excluding hydrogens is 280 g/mol. The Labute approximate surface area is 128 Å². The Balaban J connectivity index is 1.67. The van der Waals surface area contributed by atoms with E-state index in [0.717, 1.165) is 43.4 Å². The van der Waals surface area contributed by atoms with Crippen LogP contribution in [0.1, 0.15) is 41.0 Å². The maximum Gasteiger partial charge on any atom is 0.270 e. The van der Waals surface area contributed by atoms with Crippen LogP contribution in [0, 0.1) is 0 Å². The molecule has 1 amide bonds. The molecule has 114 valence electrons. The van der Waals surface area contributed by atoms with Crippen LogP contribution in [-0.2, 0) is 12.8 Å². The number of aromatic nitrogens is 4. The van der Waals surface area contributed by atoms with E-state index in [2.05, 4.69) is 20.3 Å². The summed E-state index contributed by atoms with van der Waals surface area (Å²) in [6.07, 6.45) is 9.56. The van der Waals surface area contributed by atoms with E-state index < -0.39 is 0 Å². The summed E-state index contributed by atoms with van der Waals surface area (Å²) in [5.41, 5.74) is 8.25. The predicted molar refractivity (Wildman–Crippen MR) is 79.6 cm³/mol. The van der Waals surface area contributed by atoms with Crippen molar-refractivity contribution < 1.29 is 4.79 Å². The van der Waals surface area contributed by atoms with E-state index >= 15 is 0 Å². The standard InChI is InChI=1S/C15H18N6O/c16-9-6-10(7-9)18-14(22)13-11-2-1-3-12(11)19-15(20-13)21-5-4-17-8-21/h4-5,8-10H,1-3,6-7,16H2,(H,18,22)/t9-,10-. The molecule has 0 atom stereocenters. The number of carbonyl (C=O) groups is 1. The van der Waals surface area contributed by atoms with Crippen LogP contribution in [0.2, 0.25) is 0 Å². The number of nitrogens with two attached hydrogens (primary N) is 1. The summed E-state index contributed by atoms with van der Waals surface area (Å²) >= 11 is 0. The lowest BCUT2D eigenvalue weighted by Gasteiger charge is -2.33. The number of hydrogen-bond donors (Lipinski definition) is 2. The molecule has 22 heavy (non-hydrogen) atoms. The third-order valence-corrected chi connectivity index (χ3v) is 4.38. The molecule has 1 saturated carbocycles. The molecule has 3 N–H and O–H groups in total. The maximum absolute atomic E-state index is 12.6. The van der Waals surface area contributed by atoms with Gasteiger partial charge in [-0.3, -0.25) is 9.36 Å². The van der Waals surface area contributed by atoms with Gasteiger partial charge in [-0.05, 0) is 32.1 Å². The quantitative estimate of drug-likeness (QED) is 0.853. The highest BCUT2D eigenvalue weighted by molar-refractivity contribution is 5.94. The van der Waals surface area contributed by atoms with Gasteiger partial charge in [0.25, 0.3) is 5.91 Å². The number of carbonyl (C=O) groups excluding carboxylic acids is 1. The van der Waals surface area contributed by atoms with Crippen LogP contribution < -0.4 is 11.1 Å². The molecule has 2 aromatic rings. The number of nitrogens with zero attached hydrogens (tertiary/aromatic N) is 4. The predicted octanol–water partition coefficient (Wildman–Crippen LogP) is 0.371. The van der Waals surface area contributed by atoms with Crippen molar-refractivity contribution in [2.75, 3.05) is 0 Å². The molecule has 4 rings (SSSR count). The van der Waals surface area contributed by atoms with E-state index in [9.17, 15) is 4.79 Å². The first-order valence-electron chi connectivity index (χ1n) is 7.65. The number of amides is 1. The second kappa shape index (κ2) is 5.17. The smallest absolute Gasteiger partial charge is 0.270 e. The molecule has 7 heteroatoms. The molecule has 0 saturated heterocycles. The molecule has 1 fully saturated rings. The lowest BCUT2D eigenvalue weighted by atomic mass is 9.87. The molecule has 0 aromatic carbocycles. The van der Waals surface area contributed by atoms with Crippen LogP contribution >= 0.6 is 0 Å². The molecule has 0 unspecified atom stereocenters. The van der Waals surface area contributed by atoms with Crippen LogP contribution in [0.15, 0.2) is 18.7 Å². The van der Waals surface area contributed by atoms with E-state index in [-0.39, 0.29) is 18.0 Å². The summed E-state index contributed by atoms with van der Waals surface area (Å²) in [5.74, 6) is 0.396. The minimum absolute atomic E-state index is 0.112. The van der Waals surface area contributed by atoms with Gasteiger partial charge in [0.05, 0.1) is 0 Å². The number of fused-ring (bicyclic) bond motifs is 1. The number of nitrogens with one attached hydrogen (secondary N) is 1. The first kappa shape index (κ1) is 13.4. The molecule has 2 aliphatic carbocycles. The van der Waals surface area contributed by atoms with Crippen molar-refractivity contribution in [2.45, 2.75) is 44.2 Å². The van der Waals surface area contributed by atoms with Crippen LogP contribution in [0.4, 0.5) is 0 Å². The number of imidazole rings is 1. The highest BCUT2D eigenvalue weighted by atomic mass is 16.2. The summed E-state index contributed by atoms with van der Waals surface area (Å²) < 4.78 is 1.73. The lowest BCUT2D eigenvalue weighted by molar-refractivity contribution is 0.0904. The summed E-state index contributed by atoms with van der Waals surface area (Å²) in [6.45, 7) is 0. The molecular formula is C15H18N6O. The normalized spacial score (nSPS) is 23.0. The van der Waals surface area contributed by atoms with Crippen LogP contribution in [0.25, 0.3) is 5.95 Å². The highest BCUT2D eigenvalue weighted by Gasteiger charge is 2.30. The number of rotatable bonds is 3. The average Bonchev–Trinajstić information content (AvgIpc) is 3.15. The molecule has 0 radical (unpaired) electrons. The van der Waals surface area contributed by atoms with E-state index in [1.54, 1.807) is 23.3 Å². The summed E-state index contributed by atoms with van der Waals surface area (Å²) in [4.78, 5) is 25.6.